The molecule has 1 aromatic carbocycles. The number of carboxylic acids is 1. The smallest absolute Gasteiger partial charge is 0.313 e. The van der Waals surface area contributed by atoms with Crippen LogP contribution in [0.15, 0.2) is 12.1 Å². The first kappa shape index (κ1) is 14.7. The first-order chi connectivity index (χ1) is 9.49. The highest BCUT2D eigenvalue weighted by molar-refractivity contribution is 8.00. The molecule has 0 fully saturated rings. The minimum Gasteiger partial charge on any atom is -0.490 e. The molecule has 0 saturated heterocycles. The third-order valence-corrected chi connectivity index (χ3v) is 4.19. The Balaban J connectivity index is 1.95. The second-order valence-corrected chi connectivity index (χ2v) is 5.73. The number of amides is 1. The predicted octanol–water partition coefficient (Wildman–Crippen LogP) is 1.67. The molecule has 0 aliphatic carbocycles. The van der Waals surface area contributed by atoms with Gasteiger partial charge < -0.3 is 15.2 Å². The van der Waals surface area contributed by atoms with Gasteiger partial charge in [0.25, 0.3) is 0 Å². The number of carbonyl (C=O) groups is 2. The van der Waals surface area contributed by atoms with E-state index in [0.29, 0.717) is 6.61 Å². The molecule has 0 bridgehead atoms. The molecule has 0 radical (unpaired) electrons. The molecule has 20 heavy (non-hydrogen) atoms. The largest absolute Gasteiger partial charge is 0.490 e. The second-order valence-electron chi connectivity index (χ2n) is 4.74. The van der Waals surface area contributed by atoms with Crippen LogP contribution in [0.1, 0.15) is 22.7 Å². The highest BCUT2D eigenvalue weighted by atomic mass is 32.2. The lowest BCUT2D eigenvalue weighted by molar-refractivity contribution is -0.133. The van der Waals surface area contributed by atoms with Crippen molar-refractivity contribution in [2.75, 3.05) is 18.1 Å². The zero-order chi connectivity index (χ0) is 14.7. The van der Waals surface area contributed by atoms with Crippen molar-refractivity contribution in [2.45, 2.75) is 19.9 Å². The van der Waals surface area contributed by atoms with Crippen LogP contribution in [-0.2, 0) is 9.59 Å². The maximum absolute atomic E-state index is 11.8. The molecule has 1 aliphatic rings. The average Bonchev–Trinajstić information content (AvgIpc) is 2.77. The lowest BCUT2D eigenvalue weighted by atomic mass is 10.0. The van der Waals surface area contributed by atoms with Crippen molar-refractivity contribution in [1.29, 1.82) is 0 Å². The van der Waals surface area contributed by atoms with Gasteiger partial charge in [-0.1, -0.05) is 12.1 Å². The highest BCUT2D eigenvalue weighted by Gasteiger charge is 2.27. The number of aryl methyl sites for hydroxylation is 1. The van der Waals surface area contributed by atoms with E-state index < -0.39 is 5.97 Å². The van der Waals surface area contributed by atoms with Crippen LogP contribution in [0.5, 0.6) is 5.75 Å². The lowest BCUT2D eigenvalue weighted by Gasteiger charge is -2.12. The molecule has 1 aliphatic heterocycles. The van der Waals surface area contributed by atoms with Crippen LogP contribution in [0.2, 0.25) is 0 Å². The molecule has 0 aromatic heterocycles. The summed E-state index contributed by atoms with van der Waals surface area (Å²) in [4.78, 5) is 22.1. The van der Waals surface area contributed by atoms with Gasteiger partial charge in [-0.15, -0.1) is 11.8 Å². The number of hydrogen-bond acceptors (Lipinski definition) is 4. The Labute approximate surface area is 121 Å². The normalized spacial score (nSPS) is 16.4. The number of aliphatic carboxylic acids is 1. The number of thioether (sulfide) groups is 1. The molecule has 5 nitrogen and oxygen atoms in total. The Morgan fingerprint density at radius 3 is 2.85 bits per heavy atom. The number of carboxylic acid groups (broad SMARTS) is 1. The van der Waals surface area contributed by atoms with Crippen LogP contribution < -0.4 is 10.1 Å². The molecule has 1 amide bonds. The van der Waals surface area contributed by atoms with Crippen LogP contribution in [0.4, 0.5) is 0 Å². The van der Waals surface area contributed by atoms with Crippen LogP contribution in [0.3, 0.4) is 0 Å². The average molecular weight is 295 g/mol. The van der Waals surface area contributed by atoms with Crippen molar-refractivity contribution < 1.29 is 19.4 Å². The van der Waals surface area contributed by atoms with Crippen LogP contribution in [-0.4, -0.2) is 35.1 Å². The number of rotatable bonds is 5. The van der Waals surface area contributed by atoms with Gasteiger partial charge in [0.1, 0.15) is 12.4 Å². The standard InChI is InChI=1S/C14H17NO4S/c1-8-3-4-10-11(5-19-14(10)9(8)2)15-12(16)6-20-7-13(17)18/h3-4,11H,5-7H2,1-2H3,(H,15,16)(H,17,18). The fourth-order valence-electron chi connectivity index (χ4n) is 2.12. The molecular formula is C14H17NO4S. The van der Waals surface area contributed by atoms with E-state index >= 15 is 0 Å². The quantitative estimate of drug-likeness (QED) is 0.864. The molecule has 2 N–H and O–H groups in total. The van der Waals surface area contributed by atoms with Crippen LogP contribution >= 0.6 is 11.8 Å². The Morgan fingerprint density at radius 2 is 2.15 bits per heavy atom. The molecule has 1 atom stereocenters. The molecule has 1 aromatic rings. The van der Waals surface area contributed by atoms with Crippen molar-refractivity contribution in [1.82, 2.24) is 5.32 Å². The molecule has 0 spiro atoms. The van der Waals surface area contributed by atoms with Crippen LogP contribution in [0.25, 0.3) is 0 Å². The van der Waals surface area contributed by atoms with Gasteiger partial charge in [-0.25, -0.2) is 0 Å². The molecular weight excluding hydrogens is 278 g/mol. The van der Waals surface area contributed by atoms with E-state index in [4.69, 9.17) is 9.84 Å². The van der Waals surface area contributed by atoms with E-state index in [1.54, 1.807) is 0 Å². The Hall–Kier alpha value is -1.69. The summed E-state index contributed by atoms with van der Waals surface area (Å²) >= 11 is 1.09. The van der Waals surface area contributed by atoms with E-state index in [1.807, 2.05) is 26.0 Å². The fraction of sp³-hybridized carbons (Fsp3) is 0.429. The highest BCUT2D eigenvalue weighted by Crippen LogP contribution is 2.36. The Bertz CT molecular complexity index is 544. The first-order valence-corrected chi connectivity index (χ1v) is 7.46. The minimum atomic E-state index is -0.913. The van der Waals surface area contributed by atoms with Crippen molar-refractivity contribution in [3.63, 3.8) is 0 Å². The van der Waals surface area contributed by atoms with Gasteiger partial charge in [0, 0.05) is 5.56 Å². The zero-order valence-electron chi connectivity index (χ0n) is 11.4. The molecule has 1 heterocycles. The van der Waals surface area contributed by atoms with Gasteiger partial charge >= 0.3 is 5.97 Å². The molecule has 2 rings (SSSR count). The van der Waals surface area contributed by atoms with Crippen molar-refractivity contribution in [3.05, 3.63) is 28.8 Å². The van der Waals surface area contributed by atoms with Gasteiger partial charge in [0.05, 0.1) is 17.5 Å². The number of benzene rings is 1. The SMILES string of the molecule is Cc1ccc2c(c1C)OCC2NC(=O)CSCC(=O)O. The van der Waals surface area contributed by atoms with E-state index in [-0.39, 0.29) is 23.5 Å². The van der Waals surface area contributed by atoms with Gasteiger partial charge in [0.2, 0.25) is 5.91 Å². The van der Waals surface area contributed by atoms with E-state index in [9.17, 15) is 9.59 Å². The molecule has 108 valence electrons. The van der Waals surface area contributed by atoms with Gasteiger partial charge in [-0.05, 0) is 25.0 Å². The third kappa shape index (κ3) is 3.25. The third-order valence-electron chi connectivity index (χ3n) is 3.27. The summed E-state index contributed by atoms with van der Waals surface area (Å²) in [5, 5.41) is 11.4. The number of nitrogens with one attached hydrogen (secondary N) is 1. The molecule has 6 heteroatoms. The van der Waals surface area contributed by atoms with Gasteiger partial charge in [-0.3, -0.25) is 9.59 Å². The summed E-state index contributed by atoms with van der Waals surface area (Å²) in [5.41, 5.74) is 3.25. The zero-order valence-corrected chi connectivity index (χ0v) is 12.3. The molecule has 0 saturated carbocycles. The Morgan fingerprint density at radius 1 is 1.40 bits per heavy atom. The van der Waals surface area contributed by atoms with Crippen molar-refractivity contribution in [3.8, 4) is 5.75 Å². The summed E-state index contributed by atoms with van der Waals surface area (Å²) in [6, 6.07) is 3.84. The summed E-state index contributed by atoms with van der Waals surface area (Å²) < 4.78 is 5.65. The fourth-order valence-corrected chi connectivity index (χ4v) is 2.67. The number of carbonyl (C=O) groups excluding carboxylic acids is 1. The number of ether oxygens (including phenoxy) is 1. The number of fused-ring (bicyclic) bond motifs is 1. The summed E-state index contributed by atoms with van der Waals surface area (Å²) in [6.07, 6.45) is 0. The van der Waals surface area contributed by atoms with E-state index in [2.05, 4.69) is 5.32 Å². The summed E-state index contributed by atoms with van der Waals surface area (Å²) in [5.74, 6) is -0.153. The monoisotopic (exact) mass is 295 g/mol. The maximum atomic E-state index is 11.8. The minimum absolute atomic E-state index is 0.0660. The molecule has 1 unspecified atom stereocenters. The predicted molar refractivity (Wildman–Crippen MR) is 77.3 cm³/mol. The summed E-state index contributed by atoms with van der Waals surface area (Å²) in [6.45, 7) is 4.45. The van der Waals surface area contributed by atoms with Crippen molar-refractivity contribution in [2.24, 2.45) is 0 Å². The second kappa shape index (κ2) is 6.17. The Kier molecular flexibility index (Phi) is 4.54. The number of hydrogen-bond donors (Lipinski definition) is 2. The van der Waals surface area contributed by atoms with Crippen molar-refractivity contribution >= 4 is 23.6 Å². The van der Waals surface area contributed by atoms with E-state index in [0.717, 1.165) is 34.2 Å². The van der Waals surface area contributed by atoms with Gasteiger partial charge in [-0.2, -0.15) is 0 Å². The topological polar surface area (TPSA) is 75.6 Å². The lowest BCUT2D eigenvalue weighted by Crippen LogP contribution is -2.31. The van der Waals surface area contributed by atoms with Gasteiger partial charge in [0.15, 0.2) is 0 Å². The first-order valence-electron chi connectivity index (χ1n) is 6.31. The summed E-state index contributed by atoms with van der Waals surface area (Å²) in [7, 11) is 0. The maximum Gasteiger partial charge on any atom is 0.313 e. The van der Waals surface area contributed by atoms with Crippen LogP contribution in [0, 0.1) is 13.8 Å². The van der Waals surface area contributed by atoms with E-state index in [1.165, 1.54) is 0 Å².